The Balaban J connectivity index is 1.35. The number of furan rings is 1. The predicted molar refractivity (Wildman–Crippen MR) is 160 cm³/mol. The summed E-state index contributed by atoms with van der Waals surface area (Å²) >= 11 is 0. The predicted octanol–water partition coefficient (Wildman–Crippen LogP) is 4.75. The summed E-state index contributed by atoms with van der Waals surface area (Å²) in [7, 11) is -3.57. The van der Waals surface area contributed by atoms with Crippen molar-refractivity contribution in [1.29, 1.82) is 0 Å². The molecule has 0 spiro atoms. The van der Waals surface area contributed by atoms with Crippen LogP contribution in [0.15, 0.2) is 107 Å². The molecule has 1 aromatic heterocycles. The molecule has 1 heterocycles. The number of nitrogens with zero attached hydrogens (tertiary/aromatic N) is 1. The smallest absolute Gasteiger partial charge is 0.243 e. The van der Waals surface area contributed by atoms with Crippen molar-refractivity contribution in [3.8, 4) is 0 Å². The third-order valence-corrected chi connectivity index (χ3v) is 8.85. The van der Waals surface area contributed by atoms with E-state index in [2.05, 4.69) is 10.0 Å². The summed E-state index contributed by atoms with van der Waals surface area (Å²) in [5.74, 6) is -0.406. The first-order valence-corrected chi connectivity index (χ1v) is 15.7. The number of hydrogen-bond donors (Lipinski definition) is 2. The Morgan fingerprint density at radius 2 is 1.58 bits per heavy atom. The zero-order valence-corrected chi connectivity index (χ0v) is 24.4. The van der Waals surface area contributed by atoms with Crippen molar-refractivity contribution in [2.75, 3.05) is 0 Å². The molecule has 4 aromatic rings. The molecule has 3 aromatic carbocycles. The van der Waals surface area contributed by atoms with Gasteiger partial charge in [0.25, 0.3) is 0 Å². The van der Waals surface area contributed by atoms with E-state index in [9.17, 15) is 22.4 Å². The first kappa shape index (κ1) is 30.2. The molecule has 1 aliphatic carbocycles. The fourth-order valence-electron chi connectivity index (χ4n) is 4.76. The van der Waals surface area contributed by atoms with E-state index in [-0.39, 0.29) is 48.7 Å². The lowest BCUT2D eigenvalue weighted by Gasteiger charge is -2.31. The zero-order chi connectivity index (χ0) is 30.2. The van der Waals surface area contributed by atoms with Crippen LogP contribution >= 0.6 is 0 Å². The van der Waals surface area contributed by atoms with Crippen molar-refractivity contribution in [2.45, 2.75) is 62.2 Å². The second-order valence-electron chi connectivity index (χ2n) is 10.7. The van der Waals surface area contributed by atoms with Crippen LogP contribution in [0.25, 0.3) is 0 Å². The number of nitrogens with one attached hydrogen (secondary N) is 2. The van der Waals surface area contributed by atoms with E-state index >= 15 is 0 Å². The van der Waals surface area contributed by atoms with Gasteiger partial charge in [-0.15, -0.1) is 0 Å². The molecular formula is C33H34FN3O5S. The molecule has 2 amide bonds. The van der Waals surface area contributed by atoms with E-state index < -0.39 is 21.9 Å². The summed E-state index contributed by atoms with van der Waals surface area (Å²) in [4.78, 5) is 29.2. The fraction of sp³-hybridized carbons (Fsp3) is 0.273. The number of amides is 2. The van der Waals surface area contributed by atoms with E-state index in [1.165, 1.54) is 23.3 Å². The van der Waals surface area contributed by atoms with Crippen LogP contribution in [0.3, 0.4) is 0 Å². The van der Waals surface area contributed by atoms with Crippen LogP contribution in [-0.4, -0.2) is 37.2 Å². The minimum absolute atomic E-state index is 0.00880. The molecule has 0 radical (unpaired) electrons. The maximum Gasteiger partial charge on any atom is 0.243 e. The number of rotatable bonds is 14. The zero-order valence-electron chi connectivity index (χ0n) is 23.6. The third-order valence-electron chi connectivity index (χ3n) is 7.31. The van der Waals surface area contributed by atoms with Crippen molar-refractivity contribution in [3.63, 3.8) is 0 Å². The lowest BCUT2D eigenvalue weighted by Crippen LogP contribution is -2.50. The van der Waals surface area contributed by atoms with E-state index in [4.69, 9.17) is 4.42 Å². The molecule has 0 bridgehead atoms. The molecular weight excluding hydrogens is 569 g/mol. The average molecular weight is 604 g/mol. The molecule has 0 aliphatic heterocycles. The highest BCUT2D eigenvalue weighted by atomic mass is 32.2. The van der Waals surface area contributed by atoms with Crippen LogP contribution in [0.5, 0.6) is 0 Å². The normalized spacial score (nSPS) is 13.8. The molecule has 8 nitrogen and oxygen atoms in total. The van der Waals surface area contributed by atoms with Gasteiger partial charge >= 0.3 is 0 Å². The number of aryl methyl sites for hydroxylation is 1. The standard InChI is InChI=1S/C33H34FN3O5S/c34-27-13-8-26(9-14-27)23-37(31(21-25-5-2-1-3-6-25)33(39)35-22-29-7-4-20-42-29)32(38)19-12-24-10-17-30(18-11-24)43(40,41)36-28-15-16-28/h1-11,13-14,17-18,20,28,31,36H,12,15-16,19,21-23H2,(H,35,39)/t31-/m0/s1. The quantitative estimate of drug-likeness (QED) is 0.216. The average Bonchev–Trinajstić information content (AvgIpc) is 3.66. The van der Waals surface area contributed by atoms with Crippen LogP contribution in [-0.2, 0) is 45.5 Å². The Kier molecular flexibility index (Phi) is 9.68. The Labute approximate surface area is 251 Å². The van der Waals surface area contributed by atoms with Crippen LogP contribution in [0.2, 0.25) is 0 Å². The van der Waals surface area contributed by atoms with E-state index in [1.807, 2.05) is 30.3 Å². The van der Waals surface area contributed by atoms with Gasteiger partial charge in [0.1, 0.15) is 17.6 Å². The van der Waals surface area contributed by atoms with Crippen molar-refractivity contribution in [3.05, 3.63) is 126 Å². The molecule has 5 rings (SSSR count). The Morgan fingerprint density at radius 3 is 2.23 bits per heavy atom. The van der Waals surface area contributed by atoms with Gasteiger partial charge < -0.3 is 14.6 Å². The first-order chi connectivity index (χ1) is 20.8. The van der Waals surface area contributed by atoms with Gasteiger partial charge in [-0.1, -0.05) is 54.6 Å². The molecule has 43 heavy (non-hydrogen) atoms. The highest BCUT2D eigenvalue weighted by Gasteiger charge is 2.31. The third kappa shape index (κ3) is 8.62. The summed E-state index contributed by atoms with van der Waals surface area (Å²) < 4.78 is 46.7. The number of benzene rings is 3. The van der Waals surface area contributed by atoms with Gasteiger partial charge in [0.2, 0.25) is 21.8 Å². The molecule has 0 unspecified atom stereocenters. The molecule has 224 valence electrons. The molecule has 2 N–H and O–H groups in total. The number of hydrogen-bond acceptors (Lipinski definition) is 5. The monoisotopic (exact) mass is 603 g/mol. The van der Waals surface area contributed by atoms with Crippen LogP contribution in [0, 0.1) is 5.82 Å². The summed E-state index contributed by atoms with van der Waals surface area (Å²) in [6.45, 7) is 0.273. The second-order valence-corrected chi connectivity index (χ2v) is 12.4. The summed E-state index contributed by atoms with van der Waals surface area (Å²) in [6, 6.07) is 24.5. The van der Waals surface area contributed by atoms with Crippen molar-refractivity contribution in [1.82, 2.24) is 14.9 Å². The molecule has 10 heteroatoms. The topological polar surface area (TPSA) is 109 Å². The maximum absolute atomic E-state index is 13.9. The van der Waals surface area contributed by atoms with E-state index in [0.717, 1.165) is 24.0 Å². The summed E-state index contributed by atoms with van der Waals surface area (Å²) in [5, 5.41) is 2.90. The number of sulfonamides is 1. The first-order valence-electron chi connectivity index (χ1n) is 14.3. The second kappa shape index (κ2) is 13.8. The molecule has 1 atom stereocenters. The Bertz CT molecular complexity index is 1610. The largest absolute Gasteiger partial charge is 0.467 e. The minimum Gasteiger partial charge on any atom is -0.467 e. The van der Waals surface area contributed by atoms with Crippen molar-refractivity contribution >= 4 is 21.8 Å². The van der Waals surface area contributed by atoms with E-state index in [0.29, 0.717) is 17.7 Å². The van der Waals surface area contributed by atoms with Gasteiger partial charge in [-0.3, -0.25) is 9.59 Å². The molecule has 1 saturated carbocycles. The summed E-state index contributed by atoms with van der Waals surface area (Å²) in [5.41, 5.74) is 2.36. The molecule has 0 saturated heterocycles. The van der Waals surface area contributed by atoms with Crippen LogP contribution in [0.1, 0.15) is 41.7 Å². The van der Waals surface area contributed by atoms with Gasteiger partial charge in [-0.05, 0) is 72.4 Å². The maximum atomic E-state index is 13.9. The number of carbonyl (C=O) groups is 2. The molecule has 1 aliphatic rings. The Hall–Kier alpha value is -4.28. The van der Waals surface area contributed by atoms with Crippen molar-refractivity contribution < 1.29 is 26.8 Å². The summed E-state index contributed by atoms with van der Waals surface area (Å²) in [6.07, 6.45) is 3.93. The van der Waals surface area contributed by atoms with Gasteiger partial charge in [0, 0.05) is 25.4 Å². The SMILES string of the molecule is O=C(NCc1ccco1)[C@H](Cc1ccccc1)N(Cc1ccc(F)cc1)C(=O)CCc1ccc(S(=O)(=O)NC2CC2)cc1. The highest BCUT2D eigenvalue weighted by molar-refractivity contribution is 7.89. The highest BCUT2D eigenvalue weighted by Crippen LogP contribution is 2.23. The van der Waals surface area contributed by atoms with Gasteiger partial charge in [0.15, 0.2) is 0 Å². The van der Waals surface area contributed by atoms with E-state index in [1.54, 1.807) is 48.5 Å². The fourth-order valence-corrected chi connectivity index (χ4v) is 6.07. The van der Waals surface area contributed by atoms with Crippen LogP contribution < -0.4 is 10.0 Å². The molecule has 1 fully saturated rings. The van der Waals surface area contributed by atoms with Gasteiger partial charge in [-0.2, -0.15) is 0 Å². The van der Waals surface area contributed by atoms with Crippen LogP contribution in [0.4, 0.5) is 4.39 Å². The lowest BCUT2D eigenvalue weighted by molar-refractivity contribution is -0.141. The van der Waals surface area contributed by atoms with Crippen molar-refractivity contribution in [2.24, 2.45) is 0 Å². The minimum atomic E-state index is -3.57. The number of carbonyl (C=O) groups excluding carboxylic acids is 2. The number of halogens is 1. The van der Waals surface area contributed by atoms with Gasteiger partial charge in [-0.25, -0.2) is 17.5 Å². The lowest BCUT2D eigenvalue weighted by atomic mass is 10.0. The van der Waals surface area contributed by atoms with Gasteiger partial charge in [0.05, 0.1) is 17.7 Å². The Morgan fingerprint density at radius 1 is 0.884 bits per heavy atom.